The monoisotopic (exact) mass is 385 g/mol. The third kappa shape index (κ3) is 4.96. The number of rotatable bonds is 6. The summed E-state index contributed by atoms with van der Waals surface area (Å²) in [6, 6.07) is 13.2. The molecule has 1 heterocycles. The van der Waals surface area contributed by atoms with Crippen molar-refractivity contribution in [2.24, 2.45) is 0 Å². The molecule has 0 spiro atoms. The molecular weight excluding hydrogens is 362 g/mol. The van der Waals surface area contributed by atoms with Crippen molar-refractivity contribution in [3.05, 3.63) is 71.3 Å². The van der Waals surface area contributed by atoms with E-state index in [-0.39, 0.29) is 16.5 Å². The summed E-state index contributed by atoms with van der Waals surface area (Å²) in [7, 11) is -3.77. The first-order valence-corrected chi connectivity index (χ1v) is 10.3. The van der Waals surface area contributed by atoms with Gasteiger partial charge in [0.1, 0.15) is 0 Å². The van der Waals surface area contributed by atoms with Crippen LogP contribution in [0.1, 0.15) is 22.3 Å². The molecule has 0 aliphatic carbocycles. The van der Waals surface area contributed by atoms with Crippen LogP contribution in [-0.4, -0.2) is 34.0 Å². The molecule has 0 aromatic heterocycles. The van der Waals surface area contributed by atoms with Crippen molar-refractivity contribution in [2.45, 2.75) is 18.2 Å². The Bertz CT molecular complexity index is 951. The van der Waals surface area contributed by atoms with Gasteiger partial charge in [0.25, 0.3) is 15.9 Å². The number of para-hydroxylation sites is 1. The lowest BCUT2D eigenvalue weighted by Gasteiger charge is -2.16. The molecule has 7 heteroatoms. The SMILES string of the molecule is Cc1ccc(S(=O)(=O)Nc2ccccc2C(=O)NCC2=CCNCC2)cc1. The molecule has 27 heavy (non-hydrogen) atoms. The highest BCUT2D eigenvalue weighted by Crippen LogP contribution is 2.20. The second kappa shape index (κ2) is 8.37. The van der Waals surface area contributed by atoms with Crippen LogP contribution in [0.4, 0.5) is 5.69 Å². The first-order chi connectivity index (χ1) is 13.0. The smallest absolute Gasteiger partial charge is 0.261 e. The Kier molecular flexibility index (Phi) is 5.93. The van der Waals surface area contributed by atoms with E-state index in [9.17, 15) is 13.2 Å². The number of sulfonamides is 1. The Labute approximate surface area is 159 Å². The van der Waals surface area contributed by atoms with E-state index in [4.69, 9.17) is 0 Å². The Morgan fingerprint density at radius 3 is 2.56 bits per heavy atom. The van der Waals surface area contributed by atoms with Crippen LogP contribution >= 0.6 is 0 Å². The predicted molar refractivity (Wildman–Crippen MR) is 106 cm³/mol. The van der Waals surface area contributed by atoms with Crippen LogP contribution in [0, 0.1) is 6.92 Å². The van der Waals surface area contributed by atoms with Crippen molar-refractivity contribution in [1.29, 1.82) is 0 Å². The average Bonchev–Trinajstić information content (AvgIpc) is 2.67. The lowest BCUT2D eigenvalue weighted by Crippen LogP contribution is -2.30. The average molecular weight is 385 g/mol. The summed E-state index contributed by atoms with van der Waals surface area (Å²) < 4.78 is 27.8. The summed E-state index contributed by atoms with van der Waals surface area (Å²) in [5.74, 6) is -0.309. The summed E-state index contributed by atoms with van der Waals surface area (Å²) >= 11 is 0. The molecule has 0 saturated heterocycles. The van der Waals surface area contributed by atoms with Gasteiger partial charge in [-0.3, -0.25) is 9.52 Å². The first-order valence-electron chi connectivity index (χ1n) is 8.81. The maximum atomic E-state index is 12.6. The molecule has 0 fully saturated rings. The number of hydrogen-bond donors (Lipinski definition) is 3. The second-order valence-electron chi connectivity index (χ2n) is 6.46. The number of carbonyl (C=O) groups is 1. The lowest BCUT2D eigenvalue weighted by molar-refractivity contribution is 0.0957. The van der Waals surface area contributed by atoms with Gasteiger partial charge in [-0.2, -0.15) is 0 Å². The van der Waals surface area contributed by atoms with Gasteiger partial charge in [-0.25, -0.2) is 8.42 Å². The van der Waals surface area contributed by atoms with Gasteiger partial charge in [0.2, 0.25) is 0 Å². The maximum Gasteiger partial charge on any atom is 0.261 e. The third-order valence-corrected chi connectivity index (χ3v) is 5.76. The molecule has 3 rings (SSSR count). The van der Waals surface area contributed by atoms with E-state index in [2.05, 4.69) is 21.4 Å². The number of amides is 1. The van der Waals surface area contributed by atoms with Gasteiger partial charge >= 0.3 is 0 Å². The van der Waals surface area contributed by atoms with Crippen LogP contribution in [0.25, 0.3) is 0 Å². The zero-order valence-electron chi connectivity index (χ0n) is 15.2. The third-order valence-electron chi connectivity index (χ3n) is 4.38. The minimum absolute atomic E-state index is 0.156. The molecule has 1 amide bonds. The molecule has 1 aliphatic rings. The molecule has 2 aromatic rings. The van der Waals surface area contributed by atoms with Gasteiger partial charge in [-0.15, -0.1) is 0 Å². The van der Waals surface area contributed by atoms with Crippen LogP contribution in [0.3, 0.4) is 0 Å². The van der Waals surface area contributed by atoms with E-state index in [1.54, 1.807) is 48.5 Å². The van der Waals surface area contributed by atoms with Gasteiger partial charge in [0.05, 0.1) is 16.1 Å². The Morgan fingerprint density at radius 1 is 1.11 bits per heavy atom. The Morgan fingerprint density at radius 2 is 1.85 bits per heavy atom. The van der Waals surface area contributed by atoms with Crippen LogP contribution in [0.2, 0.25) is 0 Å². The number of anilines is 1. The normalized spacial score (nSPS) is 14.3. The topological polar surface area (TPSA) is 87.3 Å². The van der Waals surface area contributed by atoms with Gasteiger partial charge in [-0.1, -0.05) is 41.5 Å². The predicted octanol–water partition coefficient (Wildman–Crippen LogP) is 2.45. The van der Waals surface area contributed by atoms with Crippen LogP contribution < -0.4 is 15.4 Å². The molecule has 0 atom stereocenters. The van der Waals surface area contributed by atoms with E-state index in [0.29, 0.717) is 12.1 Å². The van der Waals surface area contributed by atoms with Crippen molar-refractivity contribution < 1.29 is 13.2 Å². The number of carbonyl (C=O) groups excluding carboxylic acids is 1. The molecule has 2 aromatic carbocycles. The molecule has 0 radical (unpaired) electrons. The van der Waals surface area contributed by atoms with Gasteiger partial charge in [0.15, 0.2) is 0 Å². The largest absolute Gasteiger partial charge is 0.348 e. The van der Waals surface area contributed by atoms with Crippen LogP contribution in [0.15, 0.2) is 65.1 Å². The highest BCUT2D eigenvalue weighted by molar-refractivity contribution is 7.92. The summed E-state index contributed by atoms with van der Waals surface area (Å²) in [5.41, 5.74) is 2.69. The molecular formula is C20H23N3O3S. The second-order valence-corrected chi connectivity index (χ2v) is 8.15. The minimum Gasteiger partial charge on any atom is -0.348 e. The maximum absolute atomic E-state index is 12.6. The van der Waals surface area contributed by atoms with Gasteiger partial charge in [0, 0.05) is 13.1 Å². The van der Waals surface area contributed by atoms with Crippen molar-refractivity contribution >= 4 is 21.6 Å². The first kappa shape index (κ1) is 19.1. The highest BCUT2D eigenvalue weighted by Gasteiger charge is 2.18. The molecule has 1 aliphatic heterocycles. The fraction of sp³-hybridized carbons (Fsp3) is 0.250. The summed E-state index contributed by atoms with van der Waals surface area (Å²) in [6.07, 6.45) is 2.96. The highest BCUT2D eigenvalue weighted by atomic mass is 32.2. The molecule has 3 N–H and O–H groups in total. The fourth-order valence-electron chi connectivity index (χ4n) is 2.81. The van der Waals surface area contributed by atoms with Crippen molar-refractivity contribution in [3.8, 4) is 0 Å². The molecule has 6 nitrogen and oxygen atoms in total. The van der Waals surface area contributed by atoms with E-state index in [1.165, 1.54) is 5.57 Å². The zero-order valence-corrected chi connectivity index (χ0v) is 16.0. The number of hydrogen-bond acceptors (Lipinski definition) is 4. The summed E-state index contributed by atoms with van der Waals surface area (Å²) in [5, 5.41) is 6.09. The summed E-state index contributed by atoms with van der Waals surface area (Å²) in [4.78, 5) is 12.7. The molecule has 0 bridgehead atoms. The molecule has 0 saturated carbocycles. The van der Waals surface area contributed by atoms with Crippen molar-refractivity contribution in [1.82, 2.24) is 10.6 Å². The minimum atomic E-state index is -3.77. The number of nitrogens with one attached hydrogen (secondary N) is 3. The van der Waals surface area contributed by atoms with E-state index >= 15 is 0 Å². The van der Waals surface area contributed by atoms with E-state index < -0.39 is 10.0 Å². The molecule has 142 valence electrons. The van der Waals surface area contributed by atoms with Crippen LogP contribution in [-0.2, 0) is 10.0 Å². The fourth-order valence-corrected chi connectivity index (χ4v) is 3.89. The van der Waals surface area contributed by atoms with Crippen LogP contribution in [0.5, 0.6) is 0 Å². The lowest BCUT2D eigenvalue weighted by atomic mass is 10.1. The number of aryl methyl sites for hydroxylation is 1. The van der Waals surface area contributed by atoms with Gasteiger partial charge in [-0.05, 0) is 44.2 Å². The number of benzene rings is 2. The standard InChI is InChI=1S/C20H23N3O3S/c1-15-6-8-17(9-7-15)27(25,26)23-19-5-3-2-4-18(19)20(24)22-14-16-10-12-21-13-11-16/h2-10,21,23H,11-14H2,1H3,(H,22,24). The van der Waals surface area contributed by atoms with E-state index in [0.717, 1.165) is 25.1 Å². The Balaban J connectivity index is 1.76. The molecule has 0 unspecified atom stereocenters. The van der Waals surface area contributed by atoms with Crippen molar-refractivity contribution in [2.75, 3.05) is 24.4 Å². The van der Waals surface area contributed by atoms with Gasteiger partial charge < -0.3 is 10.6 Å². The quantitative estimate of drug-likeness (QED) is 0.667. The summed E-state index contributed by atoms with van der Waals surface area (Å²) in [6.45, 7) is 4.05. The van der Waals surface area contributed by atoms with E-state index in [1.807, 2.05) is 6.92 Å². The zero-order chi connectivity index (χ0) is 19.3. The van der Waals surface area contributed by atoms with Crippen molar-refractivity contribution in [3.63, 3.8) is 0 Å². The Hall–Kier alpha value is -2.64.